The quantitative estimate of drug-likeness (QED) is 0.586. The minimum Gasteiger partial charge on any atom is -0.346 e. The average Bonchev–Trinajstić information content (AvgIpc) is 3.07. The van der Waals surface area contributed by atoms with E-state index in [0.29, 0.717) is 17.0 Å². The van der Waals surface area contributed by atoms with Crippen molar-refractivity contribution in [3.05, 3.63) is 48.4 Å². The van der Waals surface area contributed by atoms with Gasteiger partial charge in [0.05, 0.1) is 17.0 Å². The third kappa shape index (κ3) is 2.52. The molecule has 7 nitrogen and oxygen atoms in total. The number of aromatic nitrogens is 4. The van der Waals surface area contributed by atoms with Crippen LogP contribution in [0.25, 0.3) is 27.7 Å². The Labute approximate surface area is 152 Å². The van der Waals surface area contributed by atoms with E-state index < -0.39 is 12.1 Å². The van der Waals surface area contributed by atoms with Gasteiger partial charge < -0.3 is 10.3 Å². The van der Waals surface area contributed by atoms with Crippen LogP contribution in [0.4, 0.5) is 10.2 Å². The first-order chi connectivity index (χ1) is 13.1. The highest BCUT2D eigenvalue weighted by Crippen LogP contribution is 2.35. The molecule has 27 heavy (non-hydrogen) atoms. The van der Waals surface area contributed by atoms with Gasteiger partial charge in [0.2, 0.25) is 5.91 Å². The van der Waals surface area contributed by atoms with E-state index in [4.69, 9.17) is 0 Å². The van der Waals surface area contributed by atoms with Crippen LogP contribution in [0.1, 0.15) is 12.0 Å². The van der Waals surface area contributed by atoms with Crippen LogP contribution in [0, 0.1) is 17.2 Å². The summed E-state index contributed by atoms with van der Waals surface area (Å²) in [6.45, 7) is 0. The molecule has 8 heteroatoms. The highest BCUT2D eigenvalue weighted by Gasteiger charge is 2.43. The van der Waals surface area contributed by atoms with Crippen molar-refractivity contribution < 1.29 is 9.18 Å². The zero-order valence-corrected chi connectivity index (χ0v) is 14.0. The predicted molar refractivity (Wildman–Crippen MR) is 96.6 cm³/mol. The van der Waals surface area contributed by atoms with Crippen molar-refractivity contribution >= 4 is 28.3 Å². The third-order valence-electron chi connectivity index (χ3n) is 4.77. The van der Waals surface area contributed by atoms with Gasteiger partial charge in [-0.1, -0.05) is 0 Å². The summed E-state index contributed by atoms with van der Waals surface area (Å²) in [6, 6.07) is 9.49. The Morgan fingerprint density at radius 1 is 1.41 bits per heavy atom. The van der Waals surface area contributed by atoms with Crippen molar-refractivity contribution in [2.75, 3.05) is 5.32 Å². The van der Waals surface area contributed by atoms with Crippen LogP contribution in [0.15, 0.2) is 42.9 Å². The Kier molecular flexibility index (Phi) is 3.24. The fourth-order valence-electron chi connectivity index (χ4n) is 3.22. The Morgan fingerprint density at radius 2 is 2.26 bits per heavy atom. The third-order valence-corrected chi connectivity index (χ3v) is 4.77. The lowest BCUT2D eigenvalue weighted by molar-refractivity contribution is -0.117. The first kappa shape index (κ1) is 15.5. The normalized spacial score (nSPS) is 18.5. The Bertz CT molecular complexity index is 1250. The number of hydrogen-bond acceptors (Lipinski definition) is 4. The molecule has 4 aromatic rings. The van der Waals surface area contributed by atoms with Crippen LogP contribution in [0.5, 0.6) is 0 Å². The molecule has 2 N–H and O–H groups in total. The number of nitriles is 1. The zero-order chi connectivity index (χ0) is 18.5. The van der Waals surface area contributed by atoms with Crippen molar-refractivity contribution in [2.24, 2.45) is 5.92 Å². The molecule has 1 amide bonds. The summed E-state index contributed by atoms with van der Waals surface area (Å²) in [4.78, 5) is 19.2. The first-order valence-corrected chi connectivity index (χ1v) is 8.45. The zero-order valence-electron chi connectivity index (χ0n) is 14.0. The molecule has 1 saturated carbocycles. The number of nitrogens with zero attached hydrogens (tertiary/aromatic N) is 4. The monoisotopic (exact) mass is 360 g/mol. The molecule has 0 spiro atoms. The van der Waals surface area contributed by atoms with E-state index in [1.165, 1.54) is 0 Å². The molecule has 132 valence electrons. The van der Waals surface area contributed by atoms with E-state index in [2.05, 4.69) is 26.5 Å². The summed E-state index contributed by atoms with van der Waals surface area (Å²) < 4.78 is 14.6. The highest BCUT2D eigenvalue weighted by molar-refractivity contribution is 5.95. The molecule has 2 atom stereocenters. The van der Waals surface area contributed by atoms with Crippen LogP contribution in [0.2, 0.25) is 0 Å². The summed E-state index contributed by atoms with van der Waals surface area (Å²) in [5.41, 5.74) is 3.49. The van der Waals surface area contributed by atoms with Crippen molar-refractivity contribution in [3.8, 4) is 17.2 Å². The van der Waals surface area contributed by atoms with E-state index in [-0.39, 0.29) is 12.3 Å². The molecule has 1 aliphatic rings. The fraction of sp³-hybridized carbons (Fsp3) is 0.158. The molecule has 0 bridgehead atoms. The number of pyridine rings is 2. The number of halogens is 1. The smallest absolute Gasteiger partial charge is 0.231 e. The van der Waals surface area contributed by atoms with Gasteiger partial charge in [-0.3, -0.25) is 4.79 Å². The van der Waals surface area contributed by atoms with Crippen molar-refractivity contribution in [1.82, 2.24) is 19.6 Å². The summed E-state index contributed by atoms with van der Waals surface area (Å²) in [5.74, 6) is -0.543. The fourth-order valence-corrected chi connectivity index (χ4v) is 3.22. The summed E-state index contributed by atoms with van der Waals surface area (Å²) in [7, 11) is 0. The number of rotatable bonds is 3. The topological polar surface area (TPSA) is 98.9 Å². The highest BCUT2D eigenvalue weighted by atomic mass is 19.1. The van der Waals surface area contributed by atoms with E-state index in [0.717, 1.165) is 22.0 Å². The van der Waals surface area contributed by atoms with E-state index in [9.17, 15) is 14.4 Å². The van der Waals surface area contributed by atoms with Gasteiger partial charge in [-0.15, -0.1) is 0 Å². The summed E-state index contributed by atoms with van der Waals surface area (Å²) >= 11 is 0. The van der Waals surface area contributed by atoms with Gasteiger partial charge in [-0.05, 0) is 30.2 Å². The maximum absolute atomic E-state index is 13.0. The standard InChI is InChI=1S/C19H13FN6O/c20-16-7-13(16)19(27)24-17-6-11-5-10(2-4-26(11)25-17)15-9-23-18-12(1-3-22-18)14(15)8-21/h1-6,9,13,16H,7H2,(H,22,23)(H,24,25,27)/t13-,16+/m1/s1. The van der Waals surface area contributed by atoms with Crippen LogP contribution in [-0.4, -0.2) is 31.7 Å². The molecular formula is C19H13FN6O. The van der Waals surface area contributed by atoms with Crippen molar-refractivity contribution in [3.63, 3.8) is 0 Å². The number of alkyl halides is 1. The van der Waals surface area contributed by atoms with Gasteiger partial charge in [-0.2, -0.15) is 10.4 Å². The molecule has 0 unspecified atom stereocenters. The Balaban J connectivity index is 1.53. The largest absolute Gasteiger partial charge is 0.346 e. The molecule has 0 aromatic carbocycles. The molecule has 0 aliphatic heterocycles. The Morgan fingerprint density at radius 3 is 3.04 bits per heavy atom. The molecule has 4 aromatic heterocycles. The van der Waals surface area contributed by atoms with E-state index >= 15 is 0 Å². The van der Waals surface area contributed by atoms with Gasteiger partial charge in [0.15, 0.2) is 5.82 Å². The molecule has 4 heterocycles. The number of amides is 1. The lowest BCUT2D eigenvalue weighted by Gasteiger charge is -2.05. The average molecular weight is 360 g/mol. The predicted octanol–water partition coefficient (Wildman–Crippen LogP) is 3.05. The lowest BCUT2D eigenvalue weighted by Crippen LogP contribution is -2.15. The number of carbonyl (C=O) groups is 1. The van der Waals surface area contributed by atoms with Crippen LogP contribution in [-0.2, 0) is 4.79 Å². The SMILES string of the molecule is N#Cc1c(-c2ccn3nc(NC(=O)[C@@H]4C[C@@H]4F)cc3c2)cnc2[nH]ccc12. The van der Waals surface area contributed by atoms with E-state index in [1.54, 1.807) is 29.2 Å². The molecule has 0 radical (unpaired) electrons. The molecule has 5 rings (SSSR count). The number of H-pyrrole nitrogens is 1. The van der Waals surface area contributed by atoms with E-state index in [1.807, 2.05) is 18.2 Å². The minimum atomic E-state index is -1.05. The van der Waals surface area contributed by atoms with Gasteiger partial charge in [0.25, 0.3) is 0 Å². The van der Waals surface area contributed by atoms with Crippen LogP contribution in [0.3, 0.4) is 0 Å². The number of hydrogen-bond donors (Lipinski definition) is 2. The maximum atomic E-state index is 13.0. The number of nitrogens with one attached hydrogen (secondary N) is 2. The number of anilines is 1. The molecule has 1 aliphatic carbocycles. The number of fused-ring (bicyclic) bond motifs is 2. The summed E-state index contributed by atoms with van der Waals surface area (Å²) in [5, 5.41) is 17.3. The lowest BCUT2D eigenvalue weighted by atomic mass is 10.0. The second-order valence-electron chi connectivity index (χ2n) is 6.56. The molecule has 0 saturated heterocycles. The Hall–Kier alpha value is -3.73. The number of aromatic amines is 1. The van der Waals surface area contributed by atoms with Crippen molar-refractivity contribution in [2.45, 2.75) is 12.6 Å². The van der Waals surface area contributed by atoms with Crippen LogP contribution < -0.4 is 5.32 Å². The van der Waals surface area contributed by atoms with Gasteiger partial charge in [0.1, 0.15) is 17.9 Å². The first-order valence-electron chi connectivity index (χ1n) is 8.45. The van der Waals surface area contributed by atoms with Gasteiger partial charge >= 0.3 is 0 Å². The second kappa shape index (κ2) is 5.64. The van der Waals surface area contributed by atoms with Crippen LogP contribution >= 0.6 is 0 Å². The summed E-state index contributed by atoms with van der Waals surface area (Å²) in [6.07, 6.45) is 4.39. The molecular weight excluding hydrogens is 347 g/mol. The van der Waals surface area contributed by atoms with Gasteiger partial charge in [-0.25, -0.2) is 13.9 Å². The second-order valence-corrected chi connectivity index (χ2v) is 6.56. The molecule has 1 fully saturated rings. The maximum Gasteiger partial charge on any atom is 0.231 e. The minimum absolute atomic E-state index is 0.273. The number of carbonyl (C=O) groups excluding carboxylic acids is 1. The van der Waals surface area contributed by atoms with Gasteiger partial charge in [0, 0.05) is 35.6 Å². The van der Waals surface area contributed by atoms with Crippen molar-refractivity contribution in [1.29, 1.82) is 5.26 Å².